The number of aryl methyl sites for hydroxylation is 1. The maximum Gasteiger partial charge on any atom is 0.268 e. The van der Waals surface area contributed by atoms with Gasteiger partial charge in [-0.3, -0.25) is 4.79 Å². The van der Waals surface area contributed by atoms with E-state index in [0.29, 0.717) is 19.8 Å². The van der Waals surface area contributed by atoms with Crippen molar-refractivity contribution in [3.8, 4) is 0 Å². The van der Waals surface area contributed by atoms with Crippen LogP contribution >= 0.6 is 0 Å². The van der Waals surface area contributed by atoms with Crippen molar-refractivity contribution in [2.45, 2.75) is 32.2 Å². The molecule has 1 N–H and O–H groups in total. The first kappa shape index (κ1) is 15.0. The Labute approximate surface area is 119 Å². The molecule has 2 heterocycles. The molecule has 0 radical (unpaired) electrons. The van der Waals surface area contributed by atoms with Crippen LogP contribution in [0.1, 0.15) is 25.7 Å². The highest BCUT2D eigenvalue weighted by molar-refractivity contribution is 5.43. The van der Waals surface area contributed by atoms with E-state index in [0.717, 1.165) is 44.5 Å². The van der Waals surface area contributed by atoms with Crippen molar-refractivity contribution in [1.29, 1.82) is 0 Å². The van der Waals surface area contributed by atoms with E-state index < -0.39 is 0 Å². The van der Waals surface area contributed by atoms with E-state index in [1.54, 1.807) is 12.3 Å². The average Bonchev–Trinajstić information content (AvgIpc) is 2.49. The zero-order valence-corrected chi connectivity index (χ0v) is 11.8. The van der Waals surface area contributed by atoms with E-state index in [9.17, 15) is 4.79 Å². The van der Waals surface area contributed by atoms with Crippen molar-refractivity contribution < 1.29 is 9.84 Å². The van der Waals surface area contributed by atoms with E-state index >= 15 is 0 Å². The highest BCUT2D eigenvalue weighted by Crippen LogP contribution is 2.11. The first-order chi connectivity index (χ1) is 9.81. The van der Waals surface area contributed by atoms with Gasteiger partial charge in [-0.15, -0.1) is 0 Å². The molecule has 0 unspecified atom stereocenters. The van der Waals surface area contributed by atoms with Crippen LogP contribution in [0.25, 0.3) is 0 Å². The number of aliphatic hydroxyl groups is 1. The zero-order chi connectivity index (χ0) is 14.2. The van der Waals surface area contributed by atoms with Crippen LogP contribution in [0.5, 0.6) is 0 Å². The van der Waals surface area contributed by atoms with E-state index in [1.807, 2.05) is 0 Å². The molecule has 6 nitrogen and oxygen atoms in total. The Kier molecular flexibility index (Phi) is 6.01. The van der Waals surface area contributed by atoms with Crippen molar-refractivity contribution in [3.63, 3.8) is 0 Å². The van der Waals surface area contributed by atoms with Crippen LogP contribution in [0, 0.1) is 0 Å². The summed E-state index contributed by atoms with van der Waals surface area (Å²) >= 11 is 0. The summed E-state index contributed by atoms with van der Waals surface area (Å²) in [5.41, 5.74) is 0.839. The van der Waals surface area contributed by atoms with Crippen molar-refractivity contribution in [3.05, 3.63) is 22.6 Å². The Bertz CT molecular complexity index is 455. The molecule has 1 fully saturated rings. The average molecular weight is 281 g/mol. The zero-order valence-electron chi connectivity index (χ0n) is 11.8. The van der Waals surface area contributed by atoms with Gasteiger partial charge in [0.05, 0.1) is 25.1 Å². The minimum absolute atomic E-state index is 0.0452. The lowest BCUT2D eigenvalue weighted by Crippen LogP contribution is -2.37. The van der Waals surface area contributed by atoms with Gasteiger partial charge in [0.2, 0.25) is 0 Å². The third-order valence-electron chi connectivity index (χ3n) is 3.51. The molecule has 20 heavy (non-hydrogen) atoms. The smallest absolute Gasteiger partial charge is 0.268 e. The van der Waals surface area contributed by atoms with Crippen LogP contribution in [-0.4, -0.2) is 47.8 Å². The summed E-state index contributed by atoms with van der Waals surface area (Å²) in [6.07, 6.45) is 5.53. The Hall–Kier alpha value is -1.40. The van der Waals surface area contributed by atoms with Crippen LogP contribution in [0.3, 0.4) is 0 Å². The fourth-order valence-electron chi connectivity index (χ4n) is 2.31. The van der Waals surface area contributed by atoms with Crippen LogP contribution in [0.4, 0.5) is 5.69 Å². The van der Waals surface area contributed by atoms with E-state index in [4.69, 9.17) is 9.84 Å². The van der Waals surface area contributed by atoms with Crippen molar-refractivity contribution in [2.24, 2.45) is 0 Å². The Morgan fingerprint density at radius 3 is 2.65 bits per heavy atom. The van der Waals surface area contributed by atoms with E-state index in [2.05, 4.69) is 10.00 Å². The summed E-state index contributed by atoms with van der Waals surface area (Å²) in [5.74, 6) is 0. The number of aliphatic hydroxyl groups excluding tert-OH is 1. The summed E-state index contributed by atoms with van der Waals surface area (Å²) in [6, 6.07) is 1.66. The highest BCUT2D eigenvalue weighted by Gasteiger charge is 2.12. The fraction of sp³-hybridized carbons (Fsp3) is 0.714. The largest absolute Gasteiger partial charge is 0.396 e. The summed E-state index contributed by atoms with van der Waals surface area (Å²) in [6.45, 7) is 3.92. The first-order valence-electron chi connectivity index (χ1n) is 7.32. The normalized spacial score (nSPS) is 15.6. The van der Waals surface area contributed by atoms with Crippen LogP contribution in [0.15, 0.2) is 17.1 Å². The van der Waals surface area contributed by atoms with Gasteiger partial charge >= 0.3 is 0 Å². The molecule has 0 aromatic carbocycles. The molecule has 1 aromatic rings. The maximum absolute atomic E-state index is 12.0. The minimum Gasteiger partial charge on any atom is -0.396 e. The van der Waals surface area contributed by atoms with Crippen molar-refractivity contribution >= 4 is 5.69 Å². The van der Waals surface area contributed by atoms with Crippen LogP contribution < -0.4 is 10.5 Å². The number of aromatic nitrogens is 2. The third kappa shape index (κ3) is 4.31. The van der Waals surface area contributed by atoms with Gasteiger partial charge in [-0.25, -0.2) is 4.68 Å². The minimum atomic E-state index is -0.0452. The van der Waals surface area contributed by atoms with Gasteiger partial charge in [-0.2, -0.15) is 5.10 Å². The molecular formula is C14H23N3O3. The molecule has 0 amide bonds. The molecule has 0 aliphatic carbocycles. The fourth-order valence-corrected chi connectivity index (χ4v) is 2.31. The lowest BCUT2D eigenvalue weighted by molar-refractivity contribution is 0.122. The van der Waals surface area contributed by atoms with Gasteiger partial charge in [0.25, 0.3) is 5.56 Å². The number of morpholine rings is 1. The van der Waals surface area contributed by atoms with Gasteiger partial charge in [0, 0.05) is 32.3 Å². The molecular weight excluding hydrogens is 258 g/mol. The third-order valence-corrected chi connectivity index (χ3v) is 3.51. The lowest BCUT2D eigenvalue weighted by Gasteiger charge is -2.28. The SMILES string of the molecule is O=c1cc(N2CCOCC2)cnn1CCCCCCO. The van der Waals surface area contributed by atoms with Crippen molar-refractivity contribution in [1.82, 2.24) is 9.78 Å². The molecule has 0 saturated carbocycles. The van der Waals surface area contributed by atoms with Gasteiger partial charge in [0.15, 0.2) is 0 Å². The molecule has 0 bridgehead atoms. The van der Waals surface area contributed by atoms with Crippen LogP contribution in [0.2, 0.25) is 0 Å². The summed E-state index contributed by atoms with van der Waals surface area (Å²) < 4.78 is 6.81. The summed E-state index contributed by atoms with van der Waals surface area (Å²) in [7, 11) is 0. The van der Waals surface area contributed by atoms with Crippen molar-refractivity contribution in [2.75, 3.05) is 37.8 Å². The molecule has 1 aliphatic rings. The predicted molar refractivity (Wildman–Crippen MR) is 77.1 cm³/mol. The molecule has 1 aromatic heterocycles. The van der Waals surface area contributed by atoms with Gasteiger partial charge in [-0.05, 0) is 12.8 Å². The summed E-state index contributed by atoms with van der Waals surface area (Å²) in [4.78, 5) is 14.1. The van der Waals surface area contributed by atoms with E-state index in [1.165, 1.54) is 4.68 Å². The molecule has 0 spiro atoms. The van der Waals surface area contributed by atoms with E-state index in [-0.39, 0.29) is 12.2 Å². The molecule has 6 heteroatoms. The molecule has 1 saturated heterocycles. The van der Waals surface area contributed by atoms with Crippen LogP contribution in [-0.2, 0) is 11.3 Å². The number of unbranched alkanes of at least 4 members (excludes halogenated alkanes) is 3. The predicted octanol–water partition coefficient (Wildman–Crippen LogP) is 0.633. The van der Waals surface area contributed by atoms with Gasteiger partial charge < -0.3 is 14.7 Å². The Morgan fingerprint density at radius 1 is 1.20 bits per heavy atom. The molecule has 0 atom stereocenters. The molecule has 1 aliphatic heterocycles. The van der Waals surface area contributed by atoms with Gasteiger partial charge in [0.1, 0.15) is 0 Å². The standard InChI is InChI=1S/C14H23N3O3/c18-8-4-2-1-3-5-17-14(19)11-13(12-15-17)16-6-9-20-10-7-16/h11-12,18H,1-10H2. The Balaban J connectivity index is 1.87. The second-order valence-electron chi connectivity index (χ2n) is 5.01. The topological polar surface area (TPSA) is 67.6 Å². The molecule has 112 valence electrons. The number of nitrogens with zero attached hydrogens (tertiary/aromatic N) is 3. The molecule has 2 rings (SSSR count). The van der Waals surface area contributed by atoms with Gasteiger partial charge in [-0.1, -0.05) is 12.8 Å². The highest BCUT2D eigenvalue weighted by atomic mass is 16.5. The monoisotopic (exact) mass is 281 g/mol. The number of anilines is 1. The number of hydrogen-bond acceptors (Lipinski definition) is 5. The maximum atomic E-state index is 12.0. The summed E-state index contributed by atoms with van der Waals surface area (Å²) in [5, 5.41) is 12.9. The number of rotatable bonds is 7. The second kappa shape index (κ2) is 8.01. The Morgan fingerprint density at radius 2 is 1.95 bits per heavy atom. The number of ether oxygens (including phenoxy) is 1. The second-order valence-corrected chi connectivity index (χ2v) is 5.01. The quantitative estimate of drug-likeness (QED) is 0.743. The first-order valence-corrected chi connectivity index (χ1v) is 7.32. The lowest BCUT2D eigenvalue weighted by atomic mass is 10.2. The number of hydrogen-bond donors (Lipinski definition) is 1.